The normalized spacial score (nSPS) is 25.1. The second-order valence-corrected chi connectivity index (χ2v) is 6.58. The van der Waals surface area contributed by atoms with E-state index >= 15 is 0 Å². The van der Waals surface area contributed by atoms with Crippen LogP contribution in [0.25, 0.3) is 0 Å². The Balaban J connectivity index is 0.00000201. The smallest absolute Gasteiger partial charge is 0.280 e. The number of carbonyl (C=O) groups excluding carboxylic acids is 1. The predicted molar refractivity (Wildman–Crippen MR) is 100 cm³/mol. The second kappa shape index (κ2) is 11.0. The van der Waals surface area contributed by atoms with Crippen LogP contribution in [0.2, 0.25) is 0 Å². The predicted octanol–water partition coefficient (Wildman–Crippen LogP) is 2.13. The first-order chi connectivity index (χ1) is 11.9. The van der Waals surface area contributed by atoms with Gasteiger partial charge in [-0.3, -0.25) is 14.6 Å². The topological polar surface area (TPSA) is 38.8 Å². The highest BCUT2D eigenvalue weighted by atomic mass is 19.3. The van der Waals surface area contributed by atoms with Crippen molar-refractivity contribution in [3.8, 4) is 0 Å². The molecule has 7 heteroatoms. The van der Waals surface area contributed by atoms with Crippen LogP contribution in [0.4, 0.5) is 8.78 Å². The third kappa shape index (κ3) is 7.15. The zero-order chi connectivity index (χ0) is 18.9. The highest BCUT2D eigenvalue weighted by molar-refractivity contribution is 5.76. The van der Waals surface area contributed by atoms with Gasteiger partial charge in [0.1, 0.15) is 0 Å². The van der Waals surface area contributed by atoms with Gasteiger partial charge in [-0.15, -0.1) is 0 Å². The number of alkyl halides is 2. The van der Waals surface area contributed by atoms with Crippen LogP contribution in [0.15, 0.2) is 0 Å². The van der Waals surface area contributed by atoms with Crippen molar-refractivity contribution in [3.63, 3.8) is 0 Å². The molecule has 0 spiro atoms. The standard InChI is InChI=1S/C16H30F2N4O.C2H6.H2/c1-3-15(23)19-14-5-6-22(13-16(14,17)18)12-11-21-9-7-20(4-2)8-10-21;1-2;/h14H,3-13H2,1-2H3,(H,19,23);1-2H3;1H. The summed E-state index contributed by atoms with van der Waals surface area (Å²) >= 11 is 0. The molecule has 1 N–H and O–H groups in total. The summed E-state index contributed by atoms with van der Waals surface area (Å²) in [7, 11) is 0. The third-order valence-corrected chi connectivity index (χ3v) is 4.98. The van der Waals surface area contributed by atoms with E-state index in [0.717, 1.165) is 39.3 Å². The number of amides is 1. The van der Waals surface area contributed by atoms with E-state index in [1.807, 2.05) is 18.7 Å². The number of piperidine rings is 1. The number of hydrogen-bond acceptors (Lipinski definition) is 4. The average Bonchev–Trinajstić information content (AvgIpc) is 2.63. The Morgan fingerprint density at radius 2 is 1.60 bits per heavy atom. The lowest BCUT2D eigenvalue weighted by atomic mass is 10.0. The third-order valence-electron chi connectivity index (χ3n) is 4.98. The molecule has 5 nitrogen and oxygen atoms in total. The first-order valence-corrected chi connectivity index (χ1v) is 9.79. The van der Waals surface area contributed by atoms with Crippen LogP contribution in [-0.4, -0.2) is 91.5 Å². The molecule has 2 heterocycles. The Hall–Kier alpha value is -0.790. The summed E-state index contributed by atoms with van der Waals surface area (Å²) in [6.45, 7) is 15.0. The van der Waals surface area contributed by atoms with Crippen LogP contribution in [-0.2, 0) is 4.79 Å². The van der Waals surface area contributed by atoms with Crippen molar-refractivity contribution in [1.29, 1.82) is 0 Å². The summed E-state index contributed by atoms with van der Waals surface area (Å²) in [5.41, 5.74) is 0. The molecule has 0 aliphatic carbocycles. The van der Waals surface area contributed by atoms with Crippen LogP contribution in [0, 0.1) is 0 Å². The van der Waals surface area contributed by atoms with E-state index in [2.05, 4.69) is 22.0 Å². The number of likely N-dealkylation sites (N-methyl/N-ethyl adjacent to an activating group) is 1. The van der Waals surface area contributed by atoms with E-state index < -0.39 is 12.0 Å². The highest BCUT2D eigenvalue weighted by Crippen LogP contribution is 2.27. The van der Waals surface area contributed by atoms with Crippen molar-refractivity contribution in [2.45, 2.75) is 52.5 Å². The van der Waals surface area contributed by atoms with E-state index in [4.69, 9.17) is 0 Å². The minimum atomic E-state index is -2.84. The van der Waals surface area contributed by atoms with E-state index in [0.29, 0.717) is 19.5 Å². The summed E-state index contributed by atoms with van der Waals surface area (Å²) in [6, 6.07) is -1.01. The van der Waals surface area contributed by atoms with Crippen molar-refractivity contribution in [3.05, 3.63) is 0 Å². The number of likely N-dealkylation sites (tertiary alicyclic amines) is 1. The summed E-state index contributed by atoms with van der Waals surface area (Å²) in [4.78, 5) is 18.0. The van der Waals surface area contributed by atoms with Crippen LogP contribution in [0.3, 0.4) is 0 Å². The lowest BCUT2D eigenvalue weighted by Crippen LogP contribution is -2.59. The first-order valence-electron chi connectivity index (χ1n) is 9.79. The van der Waals surface area contributed by atoms with Gasteiger partial charge in [0, 0.05) is 53.7 Å². The number of nitrogens with zero attached hydrogens (tertiary/aromatic N) is 3. The molecule has 0 aromatic rings. The van der Waals surface area contributed by atoms with Crippen LogP contribution in [0.1, 0.15) is 42.0 Å². The van der Waals surface area contributed by atoms with Gasteiger partial charge in [-0.1, -0.05) is 27.7 Å². The van der Waals surface area contributed by atoms with Gasteiger partial charge < -0.3 is 10.2 Å². The molecule has 0 radical (unpaired) electrons. The Morgan fingerprint density at radius 3 is 2.12 bits per heavy atom. The van der Waals surface area contributed by atoms with E-state index in [-0.39, 0.29) is 20.3 Å². The first kappa shape index (κ1) is 22.3. The molecule has 0 aromatic heterocycles. The van der Waals surface area contributed by atoms with Gasteiger partial charge in [0.2, 0.25) is 5.91 Å². The monoisotopic (exact) mass is 364 g/mol. The molecule has 2 aliphatic rings. The molecular formula is C18H38F2N4O. The van der Waals surface area contributed by atoms with Gasteiger partial charge in [-0.05, 0) is 13.0 Å². The number of carbonyl (C=O) groups is 1. The Kier molecular flexibility index (Phi) is 9.82. The Labute approximate surface area is 153 Å². The summed E-state index contributed by atoms with van der Waals surface area (Å²) in [6.07, 6.45) is 0.572. The number of nitrogens with one attached hydrogen (secondary N) is 1. The van der Waals surface area contributed by atoms with Crippen LogP contribution >= 0.6 is 0 Å². The van der Waals surface area contributed by atoms with Gasteiger partial charge >= 0.3 is 0 Å². The maximum atomic E-state index is 14.2. The maximum absolute atomic E-state index is 14.2. The fraction of sp³-hybridized carbons (Fsp3) is 0.944. The number of piperazine rings is 1. The van der Waals surface area contributed by atoms with Crippen LogP contribution in [0.5, 0.6) is 0 Å². The molecule has 0 saturated carbocycles. The number of rotatable bonds is 6. The van der Waals surface area contributed by atoms with Crippen LogP contribution < -0.4 is 5.32 Å². The minimum absolute atomic E-state index is 0. The minimum Gasteiger partial charge on any atom is -0.347 e. The fourth-order valence-electron chi connectivity index (χ4n) is 3.29. The van der Waals surface area contributed by atoms with E-state index in [1.165, 1.54) is 0 Å². The molecule has 25 heavy (non-hydrogen) atoms. The molecule has 150 valence electrons. The quantitative estimate of drug-likeness (QED) is 0.784. The lowest BCUT2D eigenvalue weighted by Gasteiger charge is -2.40. The largest absolute Gasteiger partial charge is 0.347 e. The van der Waals surface area contributed by atoms with E-state index in [9.17, 15) is 13.6 Å². The van der Waals surface area contributed by atoms with E-state index in [1.54, 1.807) is 6.92 Å². The molecule has 1 amide bonds. The van der Waals surface area contributed by atoms with Crippen molar-refractivity contribution in [1.82, 2.24) is 20.0 Å². The molecular weight excluding hydrogens is 326 g/mol. The SMILES string of the molecule is CC.CCC(=O)NC1CCN(CCN2CCN(CC)CC2)CC1(F)F.[HH]. The molecule has 2 rings (SSSR count). The maximum Gasteiger partial charge on any atom is 0.280 e. The van der Waals surface area contributed by atoms with Gasteiger partial charge in [-0.2, -0.15) is 0 Å². The van der Waals surface area contributed by atoms with Crippen molar-refractivity contribution in [2.75, 3.05) is 58.9 Å². The summed E-state index contributed by atoms with van der Waals surface area (Å²) in [5.74, 6) is -3.14. The molecule has 0 aromatic carbocycles. The molecule has 0 bridgehead atoms. The van der Waals surface area contributed by atoms with Gasteiger partial charge in [0.15, 0.2) is 0 Å². The van der Waals surface area contributed by atoms with Crippen molar-refractivity contribution in [2.24, 2.45) is 0 Å². The highest BCUT2D eigenvalue weighted by Gasteiger charge is 2.45. The Bertz CT molecular complexity index is 393. The Morgan fingerprint density at radius 1 is 1.04 bits per heavy atom. The molecule has 1 unspecified atom stereocenters. The van der Waals surface area contributed by atoms with Crippen molar-refractivity contribution < 1.29 is 15.0 Å². The molecule has 2 fully saturated rings. The second-order valence-electron chi connectivity index (χ2n) is 6.58. The molecule has 2 saturated heterocycles. The zero-order valence-corrected chi connectivity index (χ0v) is 16.4. The van der Waals surface area contributed by atoms with Gasteiger partial charge in [0.25, 0.3) is 5.92 Å². The fourth-order valence-corrected chi connectivity index (χ4v) is 3.29. The number of hydrogen-bond donors (Lipinski definition) is 1. The summed E-state index contributed by atoms with van der Waals surface area (Å²) in [5, 5.41) is 2.46. The lowest BCUT2D eigenvalue weighted by molar-refractivity contribution is -0.130. The average molecular weight is 365 g/mol. The molecule has 2 aliphatic heterocycles. The number of halogens is 2. The summed E-state index contributed by atoms with van der Waals surface area (Å²) < 4.78 is 28.4. The van der Waals surface area contributed by atoms with Crippen molar-refractivity contribution >= 4 is 5.91 Å². The molecule has 1 atom stereocenters. The zero-order valence-electron chi connectivity index (χ0n) is 16.4. The van der Waals surface area contributed by atoms with Gasteiger partial charge in [0.05, 0.1) is 12.6 Å². The van der Waals surface area contributed by atoms with Gasteiger partial charge in [-0.25, -0.2) is 8.78 Å².